The fourth-order valence-corrected chi connectivity index (χ4v) is 6.37. The quantitative estimate of drug-likeness (QED) is 0.406. The van der Waals surface area contributed by atoms with Crippen LogP contribution < -0.4 is 10.6 Å². The van der Waals surface area contributed by atoms with Gasteiger partial charge in [0, 0.05) is 51.0 Å². The molecule has 44 heavy (non-hydrogen) atoms. The number of hydrogen-bond acceptors (Lipinski definition) is 6. The van der Waals surface area contributed by atoms with Crippen LogP contribution in [0.15, 0.2) is 30.6 Å². The minimum atomic E-state index is -4.75. The lowest BCUT2D eigenvalue weighted by Crippen LogP contribution is -2.51. The van der Waals surface area contributed by atoms with E-state index in [0.717, 1.165) is 30.2 Å². The molecule has 0 bridgehead atoms. The molecule has 1 aliphatic carbocycles. The number of imidazole rings is 1. The molecule has 230 valence electrons. The number of alkyl halides is 3. The lowest BCUT2D eigenvalue weighted by Gasteiger charge is -2.35. The molecule has 2 aliphatic heterocycles. The molecule has 0 spiro atoms. The van der Waals surface area contributed by atoms with E-state index >= 15 is 0 Å². The molecule has 3 fully saturated rings. The molecule has 2 aromatic heterocycles. The Kier molecular flexibility index (Phi) is 7.63. The average Bonchev–Trinajstić information content (AvgIpc) is 3.36. The molecule has 4 heterocycles. The summed E-state index contributed by atoms with van der Waals surface area (Å²) in [5.41, 5.74) is -0.895. The first-order chi connectivity index (χ1) is 21.0. The number of nitrogens with one attached hydrogen (secondary N) is 2. The molecular weight excluding hydrogens is 601 g/mol. The molecule has 2 saturated heterocycles. The molecule has 1 saturated carbocycles. The van der Waals surface area contributed by atoms with Gasteiger partial charge in [0.15, 0.2) is 11.5 Å². The number of piperazine rings is 1. The third-order valence-electron chi connectivity index (χ3n) is 8.46. The van der Waals surface area contributed by atoms with Crippen molar-refractivity contribution in [2.45, 2.75) is 12.7 Å². The van der Waals surface area contributed by atoms with Gasteiger partial charge in [0.2, 0.25) is 5.91 Å². The number of carbonyl (C=O) groups excluding carboxylic acids is 3. The zero-order chi connectivity index (χ0) is 31.3. The van der Waals surface area contributed by atoms with Crippen molar-refractivity contribution in [3.05, 3.63) is 52.7 Å². The van der Waals surface area contributed by atoms with Crippen molar-refractivity contribution < 1.29 is 27.6 Å². The van der Waals surface area contributed by atoms with Crippen LogP contribution in [0.1, 0.15) is 26.7 Å². The summed E-state index contributed by atoms with van der Waals surface area (Å²) in [5, 5.41) is 9.58. The fourth-order valence-electron chi connectivity index (χ4n) is 6.11. The van der Waals surface area contributed by atoms with E-state index < -0.39 is 17.8 Å². The molecule has 6 rings (SSSR count). The van der Waals surface area contributed by atoms with Crippen molar-refractivity contribution in [1.82, 2.24) is 34.4 Å². The third-order valence-corrected chi connectivity index (χ3v) is 8.78. The van der Waals surface area contributed by atoms with E-state index in [2.05, 4.69) is 26.6 Å². The Morgan fingerprint density at radius 1 is 1.14 bits per heavy atom. The summed E-state index contributed by atoms with van der Waals surface area (Å²) < 4.78 is 43.1. The van der Waals surface area contributed by atoms with E-state index in [1.54, 1.807) is 4.90 Å². The summed E-state index contributed by atoms with van der Waals surface area (Å²) in [6, 6.07) is 4.42. The molecule has 2 N–H and O–H groups in total. The lowest BCUT2D eigenvalue weighted by atomic mass is 10.1. The van der Waals surface area contributed by atoms with E-state index in [4.69, 9.17) is 18.0 Å². The number of rotatable bonds is 6. The first-order valence-corrected chi connectivity index (χ1v) is 14.4. The van der Waals surface area contributed by atoms with Crippen LogP contribution in [-0.4, -0.2) is 86.1 Å². The molecule has 1 aromatic carbocycles. The van der Waals surface area contributed by atoms with Gasteiger partial charge in [-0.3, -0.25) is 19.1 Å². The van der Waals surface area contributed by atoms with Crippen LogP contribution in [0, 0.1) is 30.1 Å². The fraction of sp³-hybridized carbons (Fsp3) is 0.414. The highest BCUT2D eigenvalue weighted by atomic mass is 35.5. The second kappa shape index (κ2) is 11.3. The van der Waals surface area contributed by atoms with Crippen LogP contribution in [-0.2, 0) is 24.6 Å². The Balaban J connectivity index is 1.10. The second-order valence-corrected chi connectivity index (χ2v) is 11.5. The molecule has 0 radical (unpaired) electrons. The highest BCUT2D eigenvalue weighted by Crippen LogP contribution is 2.49. The Bertz CT molecular complexity index is 1680. The highest BCUT2D eigenvalue weighted by molar-refractivity contribution is 6.34. The first-order valence-electron chi connectivity index (χ1n) is 14.0. The molecule has 3 aromatic rings. The molecule has 3 aliphatic rings. The molecule has 3 amide bonds. The third kappa shape index (κ3) is 5.41. The zero-order valence-corrected chi connectivity index (χ0v) is 24.3. The number of benzene rings is 1. The largest absolute Gasteiger partial charge is 0.435 e. The van der Waals surface area contributed by atoms with Crippen molar-refractivity contribution in [3.8, 4) is 23.6 Å². The predicted molar refractivity (Wildman–Crippen MR) is 153 cm³/mol. The van der Waals surface area contributed by atoms with Gasteiger partial charge in [-0.2, -0.15) is 18.3 Å². The van der Waals surface area contributed by atoms with Crippen LogP contribution in [0.5, 0.6) is 0 Å². The van der Waals surface area contributed by atoms with Gasteiger partial charge in [-0.15, -0.1) is 6.42 Å². The minimum Gasteiger partial charge on any atom is -0.339 e. The number of fused-ring (bicyclic) bond motifs is 1. The summed E-state index contributed by atoms with van der Waals surface area (Å²) in [5.74, 6) is 2.24. The number of piperidine rings is 1. The van der Waals surface area contributed by atoms with Crippen molar-refractivity contribution >= 4 is 35.0 Å². The number of halogens is 4. The molecule has 1 unspecified atom stereocenters. The number of terminal acetylenes is 1. The molecule has 3 atom stereocenters. The molecule has 15 heteroatoms. The van der Waals surface area contributed by atoms with Crippen LogP contribution in [0.3, 0.4) is 0 Å². The van der Waals surface area contributed by atoms with Gasteiger partial charge in [-0.05, 0) is 43.1 Å². The summed E-state index contributed by atoms with van der Waals surface area (Å²) in [6.45, 7) is 3.31. The second-order valence-electron chi connectivity index (χ2n) is 11.1. The van der Waals surface area contributed by atoms with Crippen LogP contribution in [0.4, 0.5) is 18.9 Å². The minimum absolute atomic E-state index is 0.0171. The summed E-state index contributed by atoms with van der Waals surface area (Å²) in [7, 11) is 1.41. The van der Waals surface area contributed by atoms with Crippen molar-refractivity contribution in [2.24, 2.45) is 24.8 Å². The summed E-state index contributed by atoms with van der Waals surface area (Å²) >= 11 is 6.44. The average molecular weight is 629 g/mol. The number of amides is 3. The van der Waals surface area contributed by atoms with Gasteiger partial charge in [0.05, 0.1) is 28.0 Å². The van der Waals surface area contributed by atoms with Crippen molar-refractivity contribution in [2.75, 3.05) is 44.6 Å². The normalized spacial score (nSPS) is 21.1. The number of carbonyl (C=O) groups is 3. The smallest absolute Gasteiger partial charge is 0.339 e. The summed E-state index contributed by atoms with van der Waals surface area (Å²) in [4.78, 5) is 46.6. The van der Waals surface area contributed by atoms with Crippen LogP contribution in [0.2, 0.25) is 5.02 Å². The van der Waals surface area contributed by atoms with Gasteiger partial charge in [0.1, 0.15) is 6.54 Å². The zero-order valence-electron chi connectivity index (χ0n) is 23.6. The van der Waals surface area contributed by atoms with Gasteiger partial charge < -0.3 is 25.0 Å². The Morgan fingerprint density at radius 2 is 1.82 bits per heavy atom. The summed E-state index contributed by atoms with van der Waals surface area (Å²) in [6.07, 6.45) is 2.77. The number of nitrogens with zero attached hydrogens (tertiary/aromatic N) is 6. The lowest BCUT2D eigenvalue weighted by molar-refractivity contribution is -0.141. The highest BCUT2D eigenvalue weighted by Gasteiger charge is 2.58. The first kappa shape index (κ1) is 29.7. The van der Waals surface area contributed by atoms with Gasteiger partial charge in [-0.1, -0.05) is 17.5 Å². The van der Waals surface area contributed by atoms with E-state index in [1.807, 2.05) is 4.90 Å². The maximum atomic E-state index is 13.6. The molecule has 11 nitrogen and oxygen atoms in total. The monoisotopic (exact) mass is 628 g/mol. The van der Waals surface area contributed by atoms with Crippen molar-refractivity contribution in [3.63, 3.8) is 0 Å². The molecular formula is C29H28ClF3N8O3. The van der Waals surface area contributed by atoms with E-state index in [-0.39, 0.29) is 57.6 Å². The SMILES string of the molecule is C#CCn1cc(-c2cnc(C(=O)Nc3ccc(C(=O)N4CCN(C(=O)C5[C@H]6CNC[C@@H]56)CC4)c(Cl)c3)n2C)c(C(F)(F)F)n1. The van der Waals surface area contributed by atoms with Crippen molar-refractivity contribution in [1.29, 1.82) is 0 Å². The van der Waals surface area contributed by atoms with Crippen LogP contribution in [0.25, 0.3) is 11.3 Å². The van der Waals surface area contributed by atoms with E-state index in [1.165, 1.54) is 29.8 Å². The Labute approximate surface area is 255 Å². The van der Waals surface area contributed by atoms with Gasteiger partial charge >= 0.3 is 6.18 Å². The van der Waals surface area contributed by atoms with E-state index in [0.29, 0.717) is 38.0 Å². The number of aromatic nitrogens is 4. The number of anilines is 1. The maximum absolute atomic E-state index is 13.6. The van der Waals surface area contributed by atoms with Gasteiger partial charge in [0.25, 0.3) is 11.8 Å². The maximum Gasteiger partial charge on any atom is 0.435 e. The standard InChI is InChI=1S/C29H28ClF3N8O3/c1-3-6-41-15-20(24(37-41)29(31,32)33)22-14-35-25(38(22)2)26(42)36-16-4-5-17(21(30)11-16)27(43)39-7-9-40(10-8-39)28(44)23-18-12-34-13-19(18)23/h1,4-5,11,14-15,18-19,23,34H,6-10,12-13H2,2H3,(H,36,42)/t18-,19+,23?. The van der Waals surface area contributed by atoms with Gasteiger partial charge in [-0.25, -0.2) is 4.98 Å². The predicted octanol–water partition coefficient (Wildman–Crippen LogP) is 2.59. The Morgan fingerprint density at radius 3 is 2.45 bits per heavy atom. The van der Waals surface area contributed by atoms with Crippen LogP contribution >= 0.6 is 11.6 Å². The topological polar surface area (TPSA) is 117 Å². The Hall–Kier alpha value is -4.35. The van der Waals surface area contributed by atoms with E-state index in [9.17, 15) is 27.6 Å². The number of hydrogen-bond donors (Lipinski definition) is 2.